The zero-order valence-corrected chi connectivity index (χ0v) is 12.0. The maximum atomic E-state index is 5.60. The molecule has 5 heteroatoms. The molecule has 3 rings (SSSR count). The first-order valence-corrected chi connectivity index (χ1v) is 7.33. The van der Waals surface area contributed by atoms with E-state index in [1.165, 1.54) is 0 Å². The molecule has 0 aliphatic rings. The molecule has 1 N–H and O–H groups in total. The molecule has 20 heavy (non-hydrogen) atoms. The van der Waals surface area contributed by atoms with E-state index < -0.39 is 0 Å². The Labute approximate surface area is 121 Å². The molecule has 0 aliphatic carbocycles. The van der Waals surface area contributed by atoms with Gasteiger partial charge in [0, 0.05) is 18.9 Å². The van der Waals surface area contributed by atoms with Crippen LogP contribution in [0.1, 0.15) is 12.5 Å². The Kier molecular flexibility index (Phi) is 3.78. The molecule has 0 atom stereocenters. The quantitative estimate of drug-likeness (QED) is 0.776. The number of nitrogens with one attached hydrogen (secondary N) is 1. The van der Waals surface area contributed by atoms with Crippen molar-refractivity contribution in [1.82, 2.24) is 9.97 Å². The van der Waals surface area contributed by atoms with Crippen molar-refractivity contribution in [2.45, 2.75) is 13.5 Å². The second kappa shape index (κ2) is 5.88. The van der Waals surface area contributed by atoms with Gasteiger partial charge in [0.05, 0.1) is 11.3 Å². The van der Waals surface area contributed by atoms with Crippen molar-refractivity contribution in [3.63, 3.8) is 0 Å². The lowest BCUT2D eigenvalue weighted by atomic mass is 10.3. The van der Waals surface area contributed by atoms with Crippen LogP contribution >= 0.6 is 11.3 Å². The summed E-state index contributed by atoms with van der Waals surface area (Å²) in [7, 11) is 0. The minimum absolute atomic E-state index is 0.648. The van der Waals surface area contributed by atoms with E-state index in [0.717, 1.165) is 33.2 Å². The molecule has 0 aliphatic heterocycles. The van der Waals surface area contributed by atoms with Gasteiger partial charge in [-0.25, -0.2) is 4.98 Å². The van der Waals surface area contributed by atoms with E-state index in [4.69, 9.17) is 4.74 Å². The molecule has 0 radical (unpaired) electrons. The number of anilines is 1. The van der Waals surface area contributed by atoms with Gasteiger partial charge in [-0.2, -0.15) is 0 Å². The number of thiazole rings is 1. The Bertz CT molecular complexity index is 697. The number of rotatable bonds is 5. The summed E-state index contributed by atoms with van der Waals surface area (Å²) < 4.78 is 6.73. The summed E-state index contributed by atoms with van der Waals surface area (Å²) in [5.74, 6) is 0.843. The molecule has 102 valence electrons. The largest absolute Gasteiger partial charge is 0.492 e. The number of ether oxygens (including phenoxy) is 1. The zero-order valence-electron chi connectivity index (χ0n) is 11.2. The van der Waals surface area contributed by atoms with Gasteiger partial charge in [-0.3, -0.25) is 4.98 Å². The molecule has 1 aromatic carbocycles. The molecule has 0 unspecified atom stereocenters. The van der Waals surface area contributed by atoms with Gasteiger partial charge in [-0.1, -0.05) is 23.5 Å². The Morgan fingerprint density at radius 2 is 2.20 bits per heavy atom. The van der Waals surface area contributed by atoms with E-state index in [0.29, 0.717) is 6.61 Å². The molecule has 2 heterocycles. The average Bonchev–Trinajstić information content (AvgIpc) is 2.91. The highest BCUT2D eigenvalue weighted by atomic mass is 32.1. The first-order valence-electron chi connectivity index (χ1n) is 6.52. The third-order valence-corrected chi connectivity index (χ3v) is 3.83. The van der Waals surface area contributed by atoms with Gasteiger partial charge < -0.3 is 10.1 Å². The Hall–Kier alpha value is -2.14. The lowest BCUT2D eigenvalue weighted by Gasteiger charge is -2.02. The van der Waals surface area contributed by atoms with E-state index in [1.54, 1.807) is 17.5 Å². The van der Waals surface area contributed by atoms with Crippen molar-refractivity contribution in [1.29, 1.82) is 0 Å². The maximum absolute atomic E-state index is 5.60. The number of pyridine rings is 1. The molecule has 0 fully saturated rings. The fourth-order valence-corrected chi connectivity index (χ4v) is 2.83. The summed E-state index contributed by atoms with van der Waals surface area (Å²) >= 11 is 1.63. The maximum Gasteiger partial charge on any atom is 0.184 e. The number of benzene rings is 1. The van der Waals surface area contributed by atoms with Crippen molar-refractivity contribution in [2.75, 3.05) is 11.9 Å². The van der Waals surface area contributed by atoms with Crippen LogP contribution in [0.25, 0.3) is 10.2 Å². The van der Waals surface area contributed by atoms with Crippen LogP contribution in [0.4, 0.5) is 5.13 Å². The van der Waals surface area contributed by atoms with Crippen LogP contribution in [0.5, 0.6) is 5.75 Å². The fourth-order valence-electron chi connectivity index (χ4n) is 1.95. The van der Waals surface area contributed by atoms with Gasteiger partial charge in [-0.15, -0.1) is 0 Å². The van der Waals surface area contributed by atoms with Crippen LogP contribution in [-0.2, 0) is 6.54 Å². The standard InChI is InChI=1S/C15H15N3OS/c1-2-19-12-6-3-7-13-14(12)18-15(20-13)17-10-11-5-4-8-16-9-11/h3-9H,2,10H2,1H3,(H,17,18). The predicted molar refractivity (Wildman–Crippen MR) is 82.4 cm³/mol. The second-order valence-electron chi connectivity index (χ2n) is 4.27. The summed E-state index contributed by atoms with van der Waals surface area (Å²) in [6, 6.07) is 9.99. The number of hydrogen-bond acceptors (Lipinski definition) is 5. The van der Waals surface area contributed by atoms with Gasteiger partial charge in [0.1, 0.15) is 11.3 Å². The molecule has 4 nitrogen and oxygen atoms in total. The minimum atomic E-state index is 0.648. The highest BCUT2D eigenvalue weighted by Gasteiger charge is 2.08. The van der Waals surface area contributed by atoms with E-state index in [1.807, 2.05) is 37.4 Å². The van der Waals surface area contributed by atoms with Crippen LogP contribution in [0.3, 0.4) is 0 Å². The Balaban J connectivity index is 1.80. The van der Waals surface area contributed by atoms with Gasteiger partial charge >= 0.3 is 0 Å². The Morgan fingerprint density at radius 3 is 3.00 bits per heavy atom. The van der Waals surface area contributed by atoms with Crippen molar-refractivity contribution in [2.24, 2.45) is 0 Å². The van der Waals surface area contributed by atoms with Gasteiger partial charge in [0.25, 0.3) is 0 Å². The van der Waals surface area contributed by atoms with Crippen molar-refractivity contribution in [3.8, 4) is 5.75 Å². The smallest absolute Gasteiger partial charge is 0.184 e. The SMILES string of the molecule is CCOc1cccc2sc(NCc3cccnc3)nc12. The second-order valence-corrected chi connectivity index (χ2v) is 5.30. The Morgan fingerprint density at radius 1 is 1.25 bits per heavy atom. The average molecular weight is 285 g/mol. The third kappa shape index (κ3) is 2.72. The van der Waals surface area contributed by atoms with Crippen molar-refractivity contribution < 1.29 is 4.74 Å². The third-order valence-electron chi connectivity index (χ3n) is 2.85. The van der Waals surface area contributed by atoms with Crippen molar-refractivity contribution >= 4 is 26.7 Å². The molecular weight excluding hydrogens is 270 g/mol. The van der Waals surface area contributed by atoms with E-state index in [-0.39, 0.29) is 0 Å². The lowest BCUT2D eigenvalue weighted by Crippen LogP contribution is -1.99. The van der Waals surface area contributed by atoms with E-state index in [2.05, 4.69) is 21.4 Å². The van der Waals surface area contributed by atoms with Gasteiger partial charge in [-0.05, 0) is 30.7 Å². The lowest BCUT2D eigenvalue weighted by molar-refractivity contribution is 0.344. The van der Waals surface area contributed by atoms with Crippen LogP contribution < -0.4 is 10.1 Å². The van der Waals surface area contributed by atoms with Crippen molar-refractivity contribution in [3.05, 3.63) is 48.3 Å². The summed E-state index contributed by atoms with van der Waals surface area (Å²) in [5, 5.41) is 4.23. The number of nitrogens with zero attached hydrogens (tertiary/aromatic N) is 2. The molecule has 0 bridgehead atoms. The molecule has 2 aromatic heterocycles. The first-order chi connectivity index (χ1) is 9.86. The molecule has 0 amide bonds. The van der Waals surface area contributed by atoms with Crippen LogP contribution in [0.15, 0.2) is 42.7 Å². The zero-order chi connectivity index (χ0) is 13.8. The van der Waals surface area contributed by atoms with Gasteiger partial charge in [0.15, 0.2) is 5.13 Å². The molecule has 0 spiro atoms. The minimum Gasteiger partial charge on any atom is -0.492 e. The monoisotopic (exact) mass is 285 g/mol. The number of hydrogen-bond donors (Lipinski definition) is 1. The summed E-state index contributed by atoms with van der Waals surface area (Å²) in [6.07, 6.45) is 3.63. The topological polar surface area (TPSA) is 47.0 Å². The summed E-state index contributed by atoms with van der Waals surface area (Å²) in [5.41, 5.74) is 2.06. The van der Waals surface area contributed by atoms with Crippen LogP contribution in [0, 0.1) is 0 Å². The molecular formula is C15H15N3OS. The first kappa shape index (κ1) is 12.9. The van der Waals surface area contributed by atoms with E-state index in [9.17, 15) is 0 Å². The fraction of sp³-hybridized carbons (Fsp3) is 0.200. The van der Waals surface area contributed by atoms with Crippen LogP contribution in [0.2, 0.25) is 0 Å². The number of fused-ring (bicyclic) bond motifs is 1. The molecule has 0 saturated carbocycles. The molecule has 3 aromatic rings. The van der Waals surface area contributed by atoms with Crippen LogP contribution in [-0.4, -0.2) is 16.6 Å². The summed E-state index contributed by atoms with van der Waals surface area (Å²) in [4.78, 5) is 8.71. The normalized spacial score (nSPS) is 10.7. The van der Waals surface area contributed by atoms with E-state index >= 15 is 0 Å². The highest BCUT2D eigenvalue weighted by Crippen LogP contribution is 2.32. The summed E-state index contributed by atoms with van der Waals surface area (Å²) in [6.45, 7) is 3.35. The molecule has 0 saturated heterocycles. The van der Waals surface area contributed by atoms with Gasteiger partial charge in [0.2, 0.25) is 0 Å². The number of aromatic nitrogens is 2. The number of para-hydroxylation sites is 1. The highest BCUT2D eigenvalue weighted by molar-refractivity contribution is 7.22. The predicted octanol–water partition coefficient (Wildman–Crippen LogP) is 3.70.